The van der Waals surface area contributed by atoms with Crippen LogP contribution in [0.3, 0.4) is 0 Å². The number of aliphatic hydroxyl groups is 1. The molecule has 6 heteroatoms. The number of amides is 2. The minimum Gasteiger partial charge on any atom is -0.459 e. The van der Waals surface area contributed by atoms with Crippen molar-refractivity contribution < 1.29 is 19.1 Å². The molecule has 0 aliphatic rings. The van der Waals surface area contributed by atoms with Gasteiger partial charge in [-0.1, -0.05) is 26.0 Å². The van der Waals surface area contributed by atoms with Gasteiger partial charge in [-0.05, 0) is 36.6 Å². The van der Waals surface area contributed by atoms with Crippen LogP contribution in [0.25, 0.3) is 0 Å². The van der Waals surface area contributed by atoms with E-state index < -0.39 is 0 Å². The van der Waals surface area contributed by atoms with E-state index in [1.807, 2.05) is 13.8 Å². The van der Waals surface area contributed by atoms with Gasteiger partial charge in [-0.15, -0.1) is 0 Å². The molecule has 1 heterocycles. The highest BCUT2D eigenvalue weighted by Crippen LogP contribution is 2.21. The number of nitrogens with one attached hydrogen (secondary N) is 1. The molecule has 0 aliphatic heterocycles. The van der Waals surface area contributed by atoms with Gasteiger partial charge in [0.2, 0.25) is 0 Å². The molecule has 1 aromatic carbocycles. The fraction of sp³-hybridized carbons (Fsp3) is 0.368. The highest BCUT2D eigenvalue weighted by atomic mass is 16.3. The lowest BCUT2D eigenvalue weighted by Gasteiger charge is -2.22. The van der Waals surface area contributed by atoms with E-state index in [2.05, 4.69) is 5.32 Å². The first kappa shape index (κ1) is 18.7. The lowest BCUT2D eigenvalue weighted by atomic mass is 10.0. The maximum atomic E-state index is 12.6. The third-order valence-electron chi connectivity index (χ3n) is 3.86. The summed E-state index contributed by atoms with van der Waals surface area (Å²) in [5.74, 6) is -0.123. The number of benzene rings is 1. The summed E-state index contributed by atoms with van der Waals surface area (Å²) in [5.41, 5.74) is 0.842. The number of nitrogens with zero attached hydrogens (tertiary/aromatic N) is 1. The number of furan rings is 1. The number of rotatable bonds is 7. The van der Waals surface area contributed by atoms with Crippen molar-refractivity contribution in [2.24, 2.45) is 5.92 Å². The SMILES string of the molecule is CC(C)CC(CO)NC(=O)c1ccccc1N(C)C(=O)c1ccco1. The summed E-state index contributed by atoms with van der Waals surface area (Å²) in [4.78, 5) is 26.5. The fourth-order valence-electron chi connectivity index (χ4n) is 2.64. The second-order valence-corrected chi connectivity index (χ2v) is 6.34. The molecule has 1 unspecified atom stereocenters. The van der Waals surface area contributed by atoms with Crippen LogP contribution in [0.5, 0.6) is 0 Å². The fourth-order valence-corrected chi connectivity index (χ4v) is 2.64. The van der Waals surface area contributed by atoms with E-state index in [1.165, 1.54) is 11.2 Å². The van der Waals surface area contributed by atoms with Gasteiger partial charge in [0.05, 0.1) is 30.2 Å². The van der Waals surface area contributed by atoms with Gasteiger partial charge < -0.3 is 19.7 Å². The Labute approximate surface area is 147 Å². The molecular formula is C19H24N2O4. The summed E-state index contributed by atoms with van der Waals surface area (Å²) in [6.45, 7) is 3.92. The van der Waals surface area contributed by atoms with Crippen molar-refractivity contribution in [2.45, 2.75) is 26.3 Å². The van der Waals surface area contributed by atoms with Crippen molar-refractivity contribution in [1.82, 2.24) is 5.32 Å². The van der Waals surface area contributed by atoms with Crippen molar-refractivity contribution in [3.05, 3.63) is 54.0 Å². The van der Waals surface area contributed by atoms with Crippen LogP contribution in [-0.2, 0) is 0 Å². The summed E-state index contributed by atoms with van der Waals surface area (Å²) in [6.07, 6.45) is 2.10. The Kier molecular flexibility index (Phi) is 6.36. The zero-order chi connectivity index (χ0) is 18.4. The van der Waals surface area contributed by atoms with Gasteiger partial charge in [0.1, 0.15) is 0 Å². The van der Waals surface area contributed by atoms with E-state index >= 15 is 0 Å². The van der Waals surface area contributed by atoms with E-state index in [0.29, 0.717) is 23.6 Å². The van der Waals surface area contributed by atoms with Crippen molar-refractivity contribution in [3.63, 3.8) is 0 Å². The van der Waals surface area contributed by atoms with E-state index in [9.17, 15) is 14.7 Å². The normalized spacial score (nSPS) is 12.0. The molecule has 0 fully saturated rings. The molecule has 2 N–H and O–H groups in total. The highest BCUT2D eigenvalue weighted by Gasteiger charge is 2.22. The van der Waals surface area contributed by atoms with Crippen molar-refractivity contribution in [1.29, 1.82) is 0 Å². The molecule has 0 bridgehead atoms. The second-order valence-electron chi connectivity index (χ2n) is 6.34. The van der Waals surface area contributed by atoms with Gasteiger partial charge in [0.15, 0.2) is 5.76 Å². The molecule has 0 spiro atoms. The van der Waals surface area contributed by atoms with Crippen LogP contribution in [0.1, 0.15) is 41.2 Å². The van der Waals surface area contributed by atoms with Crippen molar-refractivity contribution in [3.8, 4) is 0 Å². The Morgan fingerprint density at radius 3 is 2.52 bits per heavy atom. The van der Waals surface area contributed by atoms with Gasteiger partial charge in [-0.3, -0.25) is 9.59 Å². The highest BCUT2D eigenvalue weighted by molar-refractivity contribution is 6.09. The topological polar surface area (TPSA) is 82.8 Å². The molecule has 2 rings (SSSR count). The number of anilines is 1. The third kappa shape index (κ3) is 4.70. The Morgan fingerprint density at radius 2 is 1.92 bits per heavy atom. The van der Waals surface area contributed by atoms with Gasteiger partial charge >= 0.3 is 0 Å². The Hall–Kier alpha value is -2.60. The maximum Gasteiger partial charge on any atom is 0.293 e. The lowest BCUT2D eigenvalue weighted by Crippen LogP contribution is -2.39. The summed E-state index contributed by atoms with van der Waals surface area (Å²) in [7, 11) is 1.59. The predicted molar refractivity (Wildman–Crippen MR) is 95.7 cm³/mol. The van der Waals surface area contributed by atoms with Crippen LogP contribution in [0, 0.1) is 5.92 Å². The molecule has 1 atom stereocenters. The summed E-state index contributed by atoms with van der Waals surface area (Å²) >= 11 is 0. The second kappa shape index (κ2) is 8.48. The molecule has 1 aromatic heterocycles. The van der Waals surface area contributed by atoms with Gasteiger partial charge in [0, 0.05) is 7.05 Å². The maximum absolute atomic E-state index is 12.6. The smallest absolute Gasteiger partial charge is 0.293 e. The molecular weight excluding hydrogens is 320 g/mol. The Morgan fingerprint density at radius 1 is 1.20 bits per heavy atom. The van der Waals surface area contributed by atoms with Crippen LogP contribution >= 0.6 is 0 Å². The number of hydrogen-bond acceptors (Lipinski definition) is 4. The molecule has 2 aromatic rings. The van der Waals surface area contributed by atoms with E-state index in [1.54, 1.807) is 43.4 Å². The number of para-hydroxylation sites is 1. The first-order valence-corrected chi connectivity index (χ1v) is 8.26. The average molecular weight is 344 g/mol. The lowest BCUT2D eigenvalue weighted by molar-refractivity contribution is 0.0909. The van der Waals surface area contributed by atoms with E-state index in [-0.39, 0.29) is 30.2 Å². The predicted octanol–water partition coefficient (Wildman–Crippen LogP) is 2.69. The van der Waals surface area contributed by atoms with Crippen LogP contribution in [0.15, 0.2) is 47.1 Å². The Balaban J connectivity index is 2.22. The minimum atomic E-state index is -0.342. The number of aliphatic hydroxyl groups excluding tert-OH is 1. The molecule has 2 amide bonds. The number of carbonyl (C=O) groups is 2. The molecule has 25 heavy (non-hydrogen) atoms. The van der Waals surface area contributed by atoms with Crippen LogP contribution in [0.4, 0.5) is 5.69 Å². The van der Waals surface area contributed by atoms with Gasteiger partial charge in [-0.2, -0.15) is 0 Å². The van der Waals surface area contributed by atoms with Crippen LogP contribution in [-0.4, -0.2) is 36.6 Å². The van der Waals surface area contributed by atoms with Crippen molar-refractivity contribution in [2.75, 3.05) is 18.6 Å². The zero-order valence-electron chi connectivity index (χ0n) is 14.7. The Bertz CT molecular complexity index is 710. The standard InChI is InChI=1S/C19H24N2O4/c1-13(2)11-14(12-22)20-18(23)15-7-4-5-8-16(15)21(3)19(24)17-9-6-10-25-17/h4-10,13-14,22H,11-12H2,1-3H3,(H,20,23). The molecule has 0 saturated carbocycles. The summed E-state index contributed by atoms with van der Waals surface area (Å²) in [5, 5.41) is 12.3. The van der Waals surface area contributed by atoms with Crippen LogP contribution in [0.2, 0.25) is 0 Å². The van der Waals surface area contributed by atoms with E-state index in [0.717, 1.165) is 0 Å². The minimum absolute atomic E-state index is 0.132. The molecule has 0 radical (unpaired) electrons. The first-order valence-electron chi connectivity index (χ1n) is 8.26. The monoisotopic (exact) mass is 344 g/mol. The summed E-state index contributed by atoms with van der Waals surface area (Å²) in [6, 6.07) is 9.73. The first-order chi connectivity index (χ1) is 11.9. The van der Waals surface area contributed by atoms with Gasteiger partial charge in [-0.25, -0.2) is 0 Å². The third-order valence-corrected chi connectivity index (χ3v) is 3.86. The number of carbonyl (C=O) groups excluding carboxylic acids is 2. The molecule has 6 nitrogen and oxygen atoms in total. The number of hydrogen-bond donors (Lipinski definition) is 2. The zero-order valence-corrected chi connectivity index (χ0v) is 14.7. The van der Waals surface area contributed by atoms with Crippen LogP contribution < -0.4 is 10.2 Å². The molecule has 0 saturated heterocycles. The van der Waals surface area contributed by atoms with Gasteiger partial charge in [0.25, 0.3) is 11.8 Å². The largest absolute Gasteiger partial charge is 0.459 e. The quantitative estimate of drug-likeness (QED) is 0.809. The molecule has 0 aliphatic carbocycles. The molecule has 134 valence electrons. The van der Waals surface area contributed by atoms with Crippen molar-refractivity contribution >= 4 is 17.5 Å². The summed E-state index contributed by atoms with van der Waals surface area (Å²) < 4.78 is 5.14. The van der Waals surface area contributed by atoms with E-state index in [4.69, 9.17) is 4.42 Å². The average Bonchev–Trinajstić information content (AvgIpc) is 3.14.